The van der Waals surface area contributed by atoms with Gasteiger partial charge in [-0.2, -0.15) is 0 Å². The highest BCUT2D eigenvalue weighted by atomic mass is 16.6. The van der Waals surface area contributed by atoms with E-state index < -0.39 is 5.97 Å². The monoisotopic (exact) mass is 523 g/mol. The normalized spacial score (nSPS) is 11.0. The summed E-state index contributed by atoms with van der Waals surface area (Å²) < 4.78 is 17.2. The van der Waals surface area contributed by atoms with Crippen LogP contribution in [0.25, 0.3) is 22.2 Å². The van der Waals surface area contributed by atoms with Gasteiger partial charge in [0.05, 0.1) is 6.42 Å². The molecule has 8 heteroatoms. The maximum Gasteiger partial charge on any atom is 0.304 e. The number of carbonyl (C=O) groups is 1. The summed E-state index contributed by atoms with van der Waals surface area (Å²) in [5.41, 5.74) is 7.81. The molecule has 0 aliphatic carbocycles. The molecule has 0 saturated heterocycles. The standard InChI is InChI=1S/C31H29N3O5/c1-21-25(8-5-9-27(21)23-6-3-2-4-7-23)20-37-26-12-11-24(18-32-15-14-31(35)36)30(17-26)38-19-22-10-13-28-29(16-22)34-39-33-28/h2-13,16-17,32H,14-15,18-20H2,1H3,(H,35,36). The molecule has 198 valence electrons. The Bertz CT molecular complexity index is 1570. The lowest BCUT2D eigenvalue weighted by Gasteiger charge is -2.16. The molecule has 39 heavy (non-hydrogen) atoms. The average Bonchev–Trinajstić information content (AvgIpc) is 3.43. The molecule has 0 spiro atoms. The summed E-state index contributed by atoms with van der Waals surface area (Å²) in [6, 6.07) is 27.9. The fraction of sp³-hybridized carbons (Fsp3) is 0.194. The first-order chi connectivity index (χ1) is 19.1. The summed E-state index contributed by atoms with van der Waals surface area (Å²) in [6.45, 7) is 3.67. The van der Waals surface area contributed by atoms with Crippen LogP contribution in [0.4, 0.5) is 0 Å². The van der Waals surface area contributed by atoms with Crippen molar-refractivity contribution in [1.82, 2.24) is 15.6 Å². The number of hydrogen-bond donors (Lipinski definition) is 2. The first kappa shape index (κ1) is 25.9. The SMILES string of the molecule is Cc1c(COc2ccc(CNCCC(=O)O)c(OCc3ccc4nonc4c3)c2)cccc1-c1ccccc1. The van der Waals surface area contributed by atoms with Gasteiger partial charge in [-0.15, -0.1) is 0 Å². The highest BCUT2D eigenvalue weighted by Gasteiger charge is 2.11. The second-order valence-corrected chi connectivity index (χ2v) is 9.21. The molecule has 0 aliphatic heterocycles. The van der Waals surface area contributed by atoms with E-state index in [0.717, 1.165) is 16.7 Å². The Morgan fingerprint density at radius 1 is 0.872 bits per heavy atom. The van der Waals surface area contributed by atoms with Gasteiger partial charge in [-0.1, -0.05) is 60.7 Å². The fourth-order valence-corrected chi connectivity index (χ4v) is 4.33. The van der Waals surface area contributed by atoms with E-state index in [1.165, 1.54) is 16.7 Å². The third-order valence-electron chi connectivity index (χ3n) is 6.51. The lowest BCUT2D eigenvalue weighted by molar-refractivity contribution is -0.136. The number of fused-ring (bicyclic) bond motifs is 1. The number of aliphatic carboxylic acids is 1. The van der Waals surface area contributed by atoms with Crippen LogP contribution in [0.2, 0.25) is 0 Å². The molecule has 0 unspecified atom stereocenters. The van der Waals surface area contributed by atoms with Gasteiger partial charge in [0.15, 0.2) is 0 Å². The van der Waals surface area contributed by atoms with Crippen LogP contribution in [0.5, 0.6) is 11.5 Å². The van der Waals surface area contributed by atoms with Crippen LogP contribution < -0.4 is 14.8 Å². The Balaban J connectivity index is 1.31. The van der Waals surface area contributed by atoms with E-state index in [2.05, 4.69) is 52.9 Å². The minimum atomic E-state index is -0.841. The number of carboxylic acids is 1. The molecule has 0 aliphatic rings. The van der Waals surface area contributed by atoms with E-state index in [9.17, 15) is 4.79 Å². The van der Waals surface area contributed by atoms with Crippen molar-refractivity contribution in [2.24, 2.45) is 0 Å². The second-order valence-electron chi connectivity index (χ2n) is 9.21. The van der Waals surface area contributed by atoms with Gasteiger partial charge in [-0.25, -0.2) is 4.63 Å². The number of nitrogens with zero attached hydrogens (tertiary/aromatic N) is 2. The van der Waals surface area contributed by atoms with Gasteiger partial charge in [-0.05, 0) is 63.3 Å². The Morgan fingerprint density at radius 2 is 1.72 bits per heavy atom. The van der Waals surface area contributed by atoms with Crippen molar-refractivity contribution in [3.8, 4) is 22.6 Å². The van der Waals surface area contributed by atoms with Crippen LogP contribution in [0.15, 0.2) is 89.6 Å². The molecule has 0 atom stereocenters. The van der Waals surface area contributed by atoms with E-state index in [4.69, 9.17) is 19.2 Å². The third kappa shape index (κ3) is 6.61. The smallest absolute Gasteiger partial charge is 0.304 e. The zero-order chi connectivity index (χ0) is 27.0. The molecule has 8 nitrogen and oxygen atoms in total. The highest BCUT2D eigenvalue weighted by Crippen LogP contribution is 2.29. The van der Waals surface area contributed by atoms with Crippen molar-refractivity contribution >= 4 is 17.0 Å². The van der Waals surface area contributed by atoms with Crippen molar-refractivity contribution in [3.63, 3.8) is 0 Å². The fourth-order valence-electron chi connectivity index (χ4n) is 4.33. The Morgan fingerprint density at radius 3 is 2.56 bits per heavy atom. The molecule has 4 aromatic carbocycles. The van der Waals surface area contributed by atoms with Crippen molar-refractivity contribution in [2.75, 3.05) is 6.54 Å². The average molecular weight is 524 g/mol. The molecule has 5 aromatic rings. The summed E-state index contributed by atoms with van der Waals surface area (Å²) >= 11 is 0. The van der Waals surface area contributed by atoms with Gasteiger partial charge in [-0.3, -0.25) is 4.79 Å². The Labute approximate surface area is 226 Å². The van der Waals surface area contributed by atoms with Gasteiger partial charge in [0.2, 0.25) is 0 Å². The minimum Gasteiger partial charge on any atom is -0.489 e. The lowest BCUT2D eigenvalue weighted by Crippen LogP contribution is -2.18. The molecule has 2 N–H and O–H groups in total. The molecule has 5 rings (SSSR count). The number of nitrogens with one attached hydrogen (secondary N) is 1. The van der Waals surface area contributed by atoms with Crippen molar-refractivity contribution in [2.45, 2.75) is 33.1 Å². The van der Waals surface area contributed by atoms with Crippen LogP contribution in [0, 0.1) is 6.92 Å². The van der Waals surface area contributed by atoms with Gasteiger partial charge in [0, 0.05) is 24.7 Å². The number of aromatic nitrogens is 2. The van der Waals surface area contributed by atoms with Gasteiger partial charge in [0.25, 0.3) is 0 Å². The van der Waals surface area contributed by atoms with E-state index in [1.54, 1.807) is 0 Å². The third-order valence-corrected chi connectivity index (χ3v) is 6.51. The summed E-state index contributed by atoms with van der Waals surface area (Å²) in [5, 5.41) is 19.8. The zero-order valence-corrected chi connectivity index (χ0v) is 21.6. The quantitative estimate of drug-likeness (QED) is 0.194. The number of hydrogen-bond acceptors (Lipinski definition) is 7. The van der Waals surface area contributed by atoms with Crippen molar-refractivity contribution < 1.29 is 24.0 Å². The van der Waals surface area contributed by atoms with E-state index in [-0.39, 0.29) is 6.42 Å². The molecule has 1 aromatic heterocycles. The summed E-state index contributed by atoms with van der Waals surface area (Å²) in [7, 11) is 0. The van der Waals surface area contributed by atoms with Crippen LogP contribution in [-0.4, -0.2) is 27.9 Å². The zero-order valence-electron chi connectivity index (χ0n) is 21.6. The molecular formula is C31H29N3O5. The first-order valence-corrected chi connectivity index (χ1v) is 12.7. The number of carboxylic acid groups (broad SMARTS) is 1. The largest absolute Gasteiger partial charge is 0.489 e. The van der Waals surface area contributed by atoms with Crippen LogP contribution in [0.1, 0.15) is 28.7 Å². The molecule has 0 saturated carbocycles. The number of benzene rings is 4. The maximum absolute atomic E-state index is 10.9. The number of rotatable bonds is 12. The molecule has 0 bridgehead atoms. The predicted octanol–water partition coefficient (Wildman–Crippen LogP) is 5.92. The molecular weight excluding hydrogens is 494 g/mol. The summed E-state index contributed by atoms with van der Waals surface area (Å²) in [5.74, 6) is 0.496. The summed E-state index contributed by atoms with van der Waals surface area (Å²) in [6.07, 6.45) is 0.0462. The van der Waals surface area contributed by atoms with Crippen molar-refractivity contribution in [3.05, 3.63) is 107 Å². The highest BCUT2D eigenvalue weighted by molar-refractivity contribution is 5.73. The number of ether oxygens (including phenoxy) is 2. The Hall–Kier alpha value is -4.69. The van der Waals surface area contributed by atoms with E-state index in [1.807, 2.05) is 54.6 Å². The van der Waals surface area contributed by atoms with Crippen LogP contribution in [0.3, 0.4) is 0 Å². The van der Waals surface area contributed by atoms with E-state index >= 15 is 0 Å². The summed E-state index contributed by atoms with van der Waals surface area (Å²) in [4.78, 5) is 10.9. The minimum absolute atomic E-state index is 0.0462. The Kier molecular flexibility index (Phi) is 8.14. The van der Waals surface area contributed by atoms with E-state index in [0.29, 0.717) is 48.8 Å². The lowest BCUT2D eigenvalue weighted by atomic mass is 9.97. The van der Waals surface area contributed by atoms with Crippen LogP contribution >= 0.6 is 0 Å². The maximum atomic E-state index is 10.9. The predicted molar refractivity (Wildman–Crippen MR) is 147 cm³/mol. The van der Waals surface area contributed by atoms with Crippen molar-refractivity contribution in [1.29, 1.82) is 0 Å². The van der Waals surface area contributed by atoms with Gasteiger partial charge >= 0.3 is 5.97 Å². The van der Waals surface area contributed by atoms with Gasteiger partial charge < -0.3 is 19.9 Å². The first-order valence-electron chi connectivity index (χ1n) is 12.7. The molecule has 0 fully saturated rings. The van der Waals surface area contributed by atoms with Crippen LogP contribution in [-0.2, 0) is 24.6 Å². The molecule has 1 heterocycles. The molecule has 0 amide bonds. The second kappa shape index (κ2) is 12.2. The van der Waals surface area contributed by atoms with Gasteiger partial charge in [0.1, 0.15) is 35.7 Å². The molecule has 0 radical (unpaired) electrons. The topological polar surface area (TPSA) is 107 Å².